The fourth-order valence-corrected chi connectivity index (χ4v) is 7.93. The standard InChI is InChI=1S/C36H69N2O15PS/c1-35(41,53-54(42,43)49-26-24-37)29-48-33(40)20-16-12-10-11-15-19-32-34-31(39)21-23-36(51-32,52-34)22-17-13-8-6-4-2-3-5-7-9-14-18-25-47-27-30(38)28-50-55(44,45)46/h16,20,30-32,34,39,41H,2-15,17-19,21-29,37-38H2,1H3,(H,42,43)(H,44,45,46)/b20-16+/t30-,31-,32-,34+,35-,36+/m1/s1. The minimum Gasteiger partial charge on any atom is -0.756 e. The fourth-order valence-electron chi connectivity index (χ4n) is 6.65. The zero-order valence-electron chi connectivity index (χ0n) is 32.7. The maximum atomic E-state index is 12.0. The van der Waals surface area contributed by atoms with E-state index < -0.39 is 54.5 Å². The van der Waals surface area contributed by atoms with E-state index >= 15 is 0 Å². The summed E-state index contributed by atoms with van der Waals surface area (Å²) in [5.41, 5.74) is 9.13. The van der Waals surface area contributed by atoms with Crippen LogP contribution in [-0.4, -0.2) is 105 Å². The lowest BCUT2D eigenvalue weighted by atomic mass is 9.94. The number of quaternary nitrogens is 1. The van der Waals surface area contributed by atoms with Gasteiger partial charge in [-0.2, -0.15) is 8.42 Å². The molecule has 0 saturated carbocycles. The minimum absolute atomic E-state index is 0.132. The Labute approximate surface area is 327 Å². The molecule has 7 atom stereocenters. The van der Waals surface area contributed by atoms with Gasteiger partial charge in [0.15, 0.2) is 5.79 Å². The largest absolute Gasteiger partial charge is 0.756 e. The highest BCUT2D eigenvalue weighted by atomic mass is 32.3. The van der Waals surface area contributed by atoms with Crippen molar-refractivity contribution in [3.05, 3.63) is 12.2 Å². The Balaban J connectivity index is 1.46. The Morgan fingerprint density at radius 2 is 1.62 bits per heavy atom. The Morgan fingerprint density at radius 1 is 1.00 bits per heavy atom. The van der Waals surface area contributed by atoms with Crippen LogP contribution in [0.1, 0.15) is 135 Å². The van der Waals surface area contributed by atoms with Gasteiger partial charge in [-0.15, -0.1) is 0 Å². The van der Waals surface area contributed by atoms with Crippen LogP contribution < -0.4 is 16.4 Å². The molecule has 2 bridgehead atoms. The molecule has 2 aliphatic rings. The molecular formula is C36H69N2O15PS. The van der Waals surface area contributed by atoms with E-state index in [4.69, 9.17) is 29.2 Å². The van der Waals surface area contributed by atoms with Gasteiger partial charge in [-0.25, -0.2) is 8.98 Å². The molecule has 0 aliphatic carbocycles. The normalized spacial score (nSPS) is 24.2. The third-order valence-corrected chi connectivity index (χ3v) is 11.0. The molecule has 19 heteroatoms. The highest BCUT2D eigenvalue weighted by Gasteiger charge is 2.52. The second-order valence-corrected chi connectivity index (χ2v) is 17.3. The second-order valence-electron chi connectivity index (χ2n) is 14.8. The van der Waals surface area contributed by atoms with Crippen molar-refractivity contribution in [3.8, 4) is 0 Å². The third-order valence-electron chi connectivity index (χ3n) is 9.44. The summed E-state index contributed by atoms with van der Waals surface area (Å²) in [5, 5.41) is 20.7. The summed E-state index contributed by atoms with van der Waals surface area (Å²) in [5.74, 6) is -3.58. The number of unbranched alkanes of at least 4 members (excludes halogenated alkanes) is 14. The highest BCUT2D eigenvalue weighted by Crippen LogP contribution is 2.45. The van der Waals surface area contributed by atoms with Crippen LogP contribution in [0.2, 0.25) is 0 Å². The minimum atomic E-state index is -4.77. The lowest BCUT2D eigenvalue weighted by molar-refractivity contribution is -0.374. The van der Waals surface area contributed by atoms with Crippen LogP contribution in [0.15, 0.2) is 12.2 Å². The van der Waals surface area contributed by atoms with E-state index in [0.29, 0.717) is 25.9 Å². The van der Waals surface area contributed by atoms with E-state index in [1.54, 1.807) is 6.08 Å². The van der Waals surface area contributed by atoms with Crippen LogP contribution in [-0.2, 0) is 51.9 Å². The number of phosphoric acid groups is 1. The Morgan fingerprint density at radius 3 is 2.25 bits per heavy atom. The van der Waals surface area contributed by atoms with Gasteiger partial charge in [0.1, 0.15) is 19.3 Å². The predicted octanol–water partition coefficient (Wildman–Crippen LogP) is 3.36. The van der Waals surface area contributed by atoms with Crippen LogP contribution in [0, 0.1) is 0 Å². The third kappa shape index (κ3) is 23.8. The average Bonchev–Trinajstić information content (AvgIpc) is 3.42. The number of hydrogen-bond acceptors (Lipinski definition) is 15. The van der Waals surface area contributed by atoms with Crippen LogP contribution in [0.25, 0.3) is 0 Å². The van der Waals surface area contributed by atoms with Crippen LogP contribution in [0.5, 0.6) is 0 Å². The molecule has 2 rings (SSSR count). The number of aliphatic hydroxyl groups is 2. The molecular weight excluding hydrogens is 763 g/mol. The Bertz CT molecular complexity index is 1240. The number of hydrogen-bond donors (Lipinski definition) is 5. The number of nitrogens with two attached hydrogens (primary N) is 1. The molecule has 8 N–H and O–H groups in total. The first-order valence-electron chi connectivity index (χ1n) is 20.1. The highest BCUT2D eigenvalue weighted by molar-refractivity contribution is 7.80. The van der Waals surface area contributed by atoms with Gasteiger partial charge in [-0.05, 0) is 45.4 Å². The first-order chi connectivity index (χ1) is 26.1. The molecule has 0 aromatic rings. The number of aliphatic hydroxyl groups excluding tert-OH is 1. The average molecular weight is 833 g/mol. The number of rotatable bonds is 34. The van der Waals surface area contributed by atoms with E-state index in [1.165, 1.54) is 51.0 Å². The molecule has 324 valence electrons. The van der Waals surface area contributed by atoms with E-state index in [1.807, 2.05) is 0 Å². The molecule has 17 nitrogen and oxygen atoms in total. The van der Waals surface area contributed by atoms with Gasteiger partial charge in [0.25, 0.3) is 7.82 Å². The summed E-state index contributed by atoms with van der Waals surface area (Å²) in [6.07, 6.45) is 22.1. The number of esters is 1. The molecule has 2 saturated heterocycles. The van der Waals surface area contributed by atoms with Crippen molar-refractivity contribution in [2.75, 3.05) is 39.6 Å². The molecule has 0 aromatic carbocycles. The zero-order valence-corrected chi connectivity index (χ0v) is 34.4. The first-order valence-corrected chi connectivity index (χ1v) is 22.9. The quantitative estimate of drug-likeness (QED) is 0.0155. The number of carbonyl (C=O) groups is 1. The van der Waals surface area contributed by atoms with Crippen molar-refractivity contribution in [1.29, 1.82) is 0 Å². The molecule has 0 spiro atoms. The SMILES string of the molecule is C[C@](O)(COC(=O)/C=C/CCCCC[C@H]1O[C@]2(CCCCCCCCCCCCCCOC[C@@H](N)COS(=O)(=O)O)CC[C@@H](O)[C@@H]1O2)OP(=O)([O-])OCC[NH3+]. The summed E-state index contributed by atoms with van der Waals surface area (Å²) in [7, 11) is -9.24. The van der Waals surface area contributed by atoms with Crippen molar-refractivity contribution in [1.82, 2.24) is 0 Å². The number of ether oxygens (including phenoxy) is 4. The molecule has 0 radical (unpaired) electrons. The maximum absolute atomic E-state index is 12.0. The Kier molecular flexibility index (Phi) is 24.4. The molecule has 0 amide bonds. The van der Waals surface area contributed by atoms with Crippen molar-refractivity contribution in [2.24, 2.45) is 5.73 Å². The molecule has 2 fully saturated rings. The number of fused-ring (bicyclic) bond motifs is 2. The summed E-state index contributed by atoms with van der Waals surface area (Å²) in [6.45, 7) is 0.803. The van der Waals surface area contributed by atoms with Gasteiger partial charge in [0.2, 0.25) is 5.79 Å². The van der Waals surface area contributed by atoms with Gasteiger partial charge in [0.05, 0.1) is 38.0 Å². The lowest BCUT2D eigenvalue weighted by Gasteiger charge is -2.33. The number of phosphoric ester groups is 1. The van der Waals surface area contributed by atoms with E-state index in [-0.39, 0.29) is 38.6 Å². The van der Waals surface area contributed by atoms with Crippen LogP contribution in [0.3, 0.4) is 0 Å². The van der Waals surface area contributed by atoms with E-state index in [9.17, 15) is 32.9 Å². The smallest absolute Gasteiger partial charge is 0.397 e. The maximum Gasteiger partial charge on any atom is 0.397 e. The summed E-state index contributed by atoms with van der Waals surface area (Å²) in [4.78, 5) is 23.7. The van der Waals surface area contributed by atoms with Crippen LogP contribution >= 0.6 is 7.82 Å². The first kappa shape index (κ1) is 50.1. The summed E-state index contributed by atoms with van der Waals surface area (Å²) < 4.78 is 77.8. The van der Waals surface area contributed by atoms with Gasteiger partial charge in [-0.1, -0.05) is 83.1 Å². The topological polar surface area (TPSA) is 270 Å². The van der Waals surface area contributed by atoms with Gasteiger partial charge >= 0.3 is 16.4 Å². The Hall–Kier alpha value is -1.09. The van der Waals surface area contributed by atoms with Crippen LogP contribution in [0.4, 0.5) is 0 Å². The molecule has 1 unspecified atom stereocenters. The predicted molar refractivity (Wildman–Crippen MR) is 200 cm³/mol. The monoisotopic (exact) mass is 832 g/mol. The van der Waals surface area contributed by atoms with Crippen molar-refractivity contribution in [3.63, 3.8) is 0 Å². The fraction of sp³-hybridized carbons (Fsp3) is 0.917. The van der Waals surface area contributed by atoms with Gasteiger partial charge in [-0.3, -0.25) is 13.6 Å². The van der Waals surface area contributed by atoms with E-state index in [0.717, 1.165) is 71.1 Å². The van der Waals surface area contributed by atoms with E-state index in [2.05, 4.69) is 19.0 Å². The van der Waals surface area contributed by atoms with Gasteiger partial charge in [0, 0.05) is 25.5 Å². The lowest BCUT2D eigenvalue weighted by Crippen LogP contribution is -2.52. The second kappa shape index (κ2) is 26.8. The number of carbonyl (C=O) groups excluding carboxylic acids is 1. The van der Waals surface area contributed by atoms with Crippen molar-refractivity contribution < 1.29 is 75.3 Å². The van der Waals surface area contributed by atoms with Crippen molar-refractivity contribution in [2.45, 2.75) is 171 Å². The molecule has 2 aliphatic heterocycles. The molecule has 0 aromatic heterocycles. The number of allylic oxidation sites excluding steroid dienone is 1. The zero-order chi connectivity index (χ0) is 40.6. The molecule has 2 heterocycles. The van der Waals surface area contributed by atoms with Crippen molar-refractivity contribution >= 4 is 24.2 Å². The summed E-state index contributed by atoms with van der Waals surface area (Å²) >= 11 is 0. The molecule has 55 heavy (non-hydrogen) atoms. The van der Waals surface area contributed by atoms with Gasteiger partial charge < -0.3 is 50.0 Å². The summed E-state index contributed by atoms with van der Waals surface area (Å²) in [6, 6.07) is -0.605.